The van der Waals surface area contributed by atoms with Gasteiger partial charge in [-0.25, -0.2) is 0 Å². The van der Waals surface area contributed by atoms with Crippen LogP contribution in [0.4, 0.5) is 0 Å². The average Bonchev–Trinajstić information content (AvgIpc) is 2.82. The maximum Gasteiger partial charge on any atom is 0.193 e. The van der Waals surface area contributed by atoms with Gasteiger partial charge in [-0.1, -0.05) is 24.3 Å². The van der Waals surface area contributed by atoms with Crippen molar-refractivity contribution in [1.29, 1.82) is 0 Å². The number of fused-ring (bicyclic) bond motifs is 1. The second-order valence-corrected chi connectivity index (χ2v) is 5.10. The summed E-state index contributed by atoms with van der Waals surface area (Å²) in [7, 11) is 0. The Bertz CT molecular complexity index is 535. The van der Waals surface area contributed by atoms with Gasteiger partial charge in [-0.3, -0.25) is 0 Å². The molecule has 0 radical (unpaired) electrons. The Morgan fingerprint density at radius 2 is 2.11 bits per heavy atom. The predicted molar refractivity (Wildman–Crippen MR) is 72.7 cm³/mol. The van der Waals surface area contributed by atoms with E-state index in [1.54, 1.807) is 6.07 Å². The minimum atomic E-state index is 0.429. The molecule has 2 aromatic rings. The molecular weight excluding hydrogens is 246 g/mol. The molecule has 0 spiro atoms. The first-order valence-corrected chi connectivity index (χ1v) is 6.76. The van der Waals surface area contributed by atoms with E-state index in [2.05, 4.69) is 29.6 Å². The Kier molecular flexibility index (Phi) is 3.39. The molecule has 1 aliphatic carbocycles. The number of hydrogen-bond acceptors (Lipinski definition) is 2. The third-order valence-electron chi connectivity index (χ3n) is 3.52. The van der Waals surface area contributed by atoms with Gasteiger partial charge in [0, 0.05) is 6.04 Å². The zero-order chi connectivity index (χ0) is 12.4. The summed E-state index contributed by atoms with van der Waals surface area (Å²) in [6.45, 7) is 0.728. The van der Waals surface area contributed by atoms with Gasteiger partial charge < -0.3 is 9.73 Å². The molecule has 0 bridgehead atoms. The number of rotatable bonds is 3. The first-order chi connectivity index (χ1) is 8.83. The van der Waals surface area contributed by atoms with Crippen LogP contribution in [-0.4, -0.2) is 0 Å². The SMILES string of the molecule is Clc1ccc(CNC2CCCc3ccccc32)o1. The van der Waals surface area contributed by atoms with Crippen LogP contribution in [-0.2, 0) is 13.0 Å². The molecule has 94 valence electrons. The molecule has 1 aromatic carbocycles. The first kappa shape index (κ1) is 11.8. The van der Waals surface area contributed by atoms with Crippen molar-refractivity contribution in [2.75, 3.05) is 0 Å². The summed E-state index contributed by atoms with van der Waals surface area (Å²) in [5.74, 6) is 0.892. The van der Waals surface area contributed by atoms with Gasteiger partial charge in [0.05, 0.1) is 6.54 Å². The molecule has 3 rings (SSSR count). The molecule has 2 nitrogen and oxygen atoms in total. The molecule has 1 heterocycles. The van der Waals surface area contributed by atoms with E-state index >= 15 is 0 Å². The number of furan rings is 1. The van der Waals surface area contributed by atoms with Crippen LogP contribution in [0.3, 0.4) is 0 Å². The highest BCUT2D eigenvalue weighted by molar-refractivity contribution is 6.28. The first-order valence-electron chi connectivity index (χ1n) is 6.38. The number of hydrogen-bond donors (Lipinski definition) is 1. The maximum atomic E-state index is 5.77. The van der Waals surface area contributed by atoms with Crippen LogP contribution in [0, 0.1) is 0 Å². The van der Waals surface area contributed by atoms with Crippen LogP contribution in [0.2, 0.25) is 5.22 Å². The number of halogens is 1. The zero-order valence-electron chi connectivity index (χ0n) is 10.2. The molecule has 0 saturated heterocycles. The van der Waals surface area contributed by atoms with Crippen molar-refractivity contribution in [3.8, 4) is 0 Å². The Morgan fingerprint density at radius 3 is 2.94 bits per heavy atom. The second-order valence-electron chi connectivity index (χ2n) is 4.73. The summed E-state index contributed by atoms with van der Waals surface area (Å²) in [6.07, 6.45) is 3.62. The lowest BCUT2D eigenvalue weighted by Crippen LogP contribution is -2.24. The van der Waals surface area contributed by atoms with Gasteiger partial charge in [-0.05, 0) is 54.1 Å². The summed E-state index contributed by atoms with van der Waals surface area (Å²) >= 11 is 5.77. The third-order valence-corrected chi connectivity index (χ3v) is 3.72. The van der Waals surface area contributed by atoms with Crippen LogP contribution < -0.4 is 5.32 Å². The fourth-order valence-corrected chi connectivity index (χ4v) is 2.80. The van der Waals surface area contributed by atoms with E-state index in [1.807, 2.05) is 6.07 Å². The van der Waals surface area contributed by atoms with E-state index in [4.69, 9.17) is 16.0 Å². The van der Waals surface area contributed by atoms with Gasteiger partial charge in [-0.15, -0.1) is 0 Å². The highest BCUT2D eigenvalue weighted by Gasteiger charge is 2.19. The molecule has 1 aliphatic rings. The number of benzene rings is 1. The Hall–Kier alpha value is -1.25. The number of aryl methyl sites for hydroxylation is 1. The Balaban J connectivity index is 1.71. The Labute approximate surface area is 112 Å². The highest BCUT2D eigenvalue weighted by atomic mass is 35.5. The molecule has 0 saturated carbocycles. The molecule has 18 heavy (non-hydrogen) atoms. The van der Waals surface area contributed by atoms with Gasteiger partial charge in [0.2, 0.25) is 0 Å². The normalized spacial score (nSPS) is 18.6. The van der Waals surface area contributed by atoms with E-state index in [-0.39, 0.29) is 0 Å². The predicted octanol–water partition coefficient (Wildman–Crippen LogP) is 4.10. The molecule has 1 atom stereocenters. The lowest BCUT2D eigenvalue weighted by atomic mass is 9.88. The van der Waals surface area contributed by atoms with Gasteiger partial charge >= 0.3 is 0 Å². The van der Waals surface area contributed by atoms with Crippen molar-refractivity contribution in [3.63, 3.8) is 0 Å². The average molecular weight is 262 g/mol. The standard InChI is InChI=1S/C15H16ClNO/c16-15-9-8-12(18-15)10-17-14-7-3-5-11-4-1-2-6-13(11)14/h1-2,4,6,8-9,14,17H,3,5,7,10H2. The Morgan fingerprint density at radius 1 is 1.22 bits per heavy atom. The summed E-state index contributed by atoms with van der Waals surface area (Å²) in [4.78, 5) is 0. The van der Waals surface area contributed by atoms with E-state index in [0.29, 0.717) is 11.3 Å². The van der Waals surface area contributed by atoms with Gasteiger partial charge in [0.15, 0.2) is 5.22 Å². The fourth-order valence-electron chi connectivity index (χ4n) is 2.64. The van der Waals surface area contributed by atoms with Crippen LogP contribution in [0.25, 0.3) is 0 Å². The zero-order valence-corrected chi connectivity index (χ0v) is 10.9. The van der Waals surface area contributed by atoms with Crippen LogP contribution >= 0.6 is 11.6 Å². The van der Waals surface area contributed by atoms with Crippen molar-refractivity contribution in [2.24, 2.45) is 0 Å². The van der Waals surface area contributed by atoms with Crippen LogP contribution in [0.5, 0.6) is 0 Å². The maximum absolute atomic E-state index is 5.77. The summed E-state index contributed by atoms with van der Waals surface area (Å²) in [6, 6.07) is 12.8. The monoisotopic (exact) mass is 261 g/mol. The fraction of sp³-hybridized carbons (Fsp3) is 0.333. The molecule has 0 fully saturated rings. The molecule has 1 unspecified atom stereocenters. The molecule has 1 aromatic heterocycles. The van der Waals surface area contributed by atoms with Gasteiger partial charge in [-0.2, -0.15) is 0 Å². The lowest BCUT2D eigenvalue weighted by molar-refractivity contribution is 0.418. The minimum Gasteiger partial charge on any atom is -0.448 e. The van der Waals surface area contributed by atoms with E-state index in [1.165, 1.54) is 30.4 Å². The van der Waals surface area contributed by atoms with Crippen molar-refractivity contribution >= 4 is 11.6 Å². The topological polar surface area (TPSA) is 25.2 Å². The van der Waals surface area contributed by atoms with Crippen molar-refractivity contribution < 1.29 is 4.42 Å². The van der Waals surface area contributed by atoms with Crippen molar-refractivity contribution in [2.45, 2.75) is 31.8 Å². The smallest absolute Gasteiger partial charge is 0.193 e. The minimum absolute atomic E-state index is 0.429. The van der Waals surface area contributed by atoms with Gasteiger partial charge in [0.25, 0.3) is 0 Å². The van der Waals surface area contributed by atoms with Gasteiger partial charge in [0.1, 0.15) is 5.76 Å². The summed E-state index contributed by atoms with van der Waals surface area (Å²) < 4.78 is 5.37. The highest BCUT2D eigenvalue weighted by Crippen LogP contribution is 2.29. The second kappa shape index (κ2) is 5.17. The van der Waals surface area contributed by atoms with Crippen LogP contribution in [0.1, 0.15) is 35.8 Å². The lowest BCUT2D eigenvalue weighted by Gasteiger charge is -2.26. The molecular formula is C15H16ClNO. The largest absolute Gasteiger partial charge is 0.448 e. The van der Waals surface area contributed by atoms with E-state index < -0.39 is 0 Å². The molecule has 0 amide bonds. The third kappa shape index (κ3) is 2.45. The number of nitrogens with one attached hydrogen (secondary N) is 1. The molecule has 1 N–H and O–H groups in total. The van der Waals surface area contributed by atoms with Crippen molar-refractivity contribution in [1.82, 2.24) is 5.32 Å². The van der Waals surface area contributed by atoms with Crippen LogP contribution in [0.15, 0.2) is 40.8 Å². The quantitative estimate of drug-likeness (QED) is 0.900. The van der Waals surface area contributed by atoms with E-state index in [9.17, 15) is 0 Å². The van der Waals surface area contributed by atoms with Crippen molar-refractivity contribution in [3.05, 3.63) is 58.5 Å². The molecule has 0 aliphatic heterocycles. The van der Waals surface area contributed by atoms with E-state index in [0.717, 1.165) is 12.3 Å². The summed E-state index contributed by atoms with van der Waals surface area (Å²) in [5, 5.41) is 4.01. The summed E-state index contributed by atoms with van der Waals surface area (Å²) in [5.41, 5.74) is 2.90. The molecule has 3 heteroatoms.